The number of hydrogen-bond acceptors (Lipinski definition) is 4. The summed E-state index contributed by atoms with van der Waals surface area (Å²) in [5, 5.41) is 2.48. The van der Waals surface area contributed by atoms with Crippen LogP contribution in [0.2, 0.25) is 10.0 Å². The van der Waals surface area contributed by atoms with Crippen LogP contribution < -0.4 is 5.32 Å². The smallest absolute Gasteiger partial charge is 0.261 e. The molecule has 0 aromatic heterocycles. The molecule has 21 heavy (non-hydrogen) atoms. The predicted molar refractivity (Wildman–Crippen MR) is 84.0 cm³/mol. The number of hydrogen-bond donors (Lipinski definition) is 1. The van der Waals surface area contributed by atoms with E-state index in [-0.39, 0.29) is 38.9 Å². The van der Waals surface area contributed by atoms with Crippen LogP contribution >= 0.6 is 33.9 Å². The van der Waals surface area contributed by atoms with Crippen molar-refractivity contribution in [3.8, 4) is 0 Å². The highest BCUT2D eigenvalue weighted by atomic mass is 35.7. The van der Waals surface area contributed by atoms with E-state index in [4.69, 9.17) is 38.6 Å². The number of amides is 1. The average Bonchev–Trinajstić information content (AvgIpc) is 2.35. The summed E-state index contributed by atoms with van der Waals surface area (Å²) in [6, 6.07) is 1.14. The van der Waals surface area contributed by atoms with Crippen molar-refractivity contribution in [2.24, 2.45) is 0 Å². The third-order valence-corrected chi connectivity index (χ3v) is 4.71. The zero-order valence-corrected chi connectivity index (χ0v) is 14.6. The molecule has 0 saturated carbocycles. The second kappa shape index (κ2) is 7.15. The van der Waals surface area contributed by atoms with Crippen molar-refractivity contribution < 1.29 is 17.9 Å². The highest BCUT2D eigenvalue weighted by molar-refractivity contribution is 8.13. The summed E-state index contributed by atoms with van der Waals surface area (Å²) in [6.45, 7) is 4.88. The summed E-state index contributed by atoms with van der Waals surface area (Å²) < 4.78 is 28.0. The van der Waals surface area contributed by atoms with E-state index in [1.54, 1.807) is 13.8 Å². The molecule has 1 aromatic carbocycles. The number of benzene rings is 1. The molecule has 1 aromatic rings. The summed E-state index contributed by atoms with van der Waals surface area (Å²) in [6.07, 6.45) is -0.104. The fourth-order valence-corrected chi connectivity index (χ4v) is 3.36. The van der Waals surface area contributed by atoms with E-state index in [0.717, 1.165) is 6.07 Å². The maximum Gasteiger partial charge on any atom is 0.261 e. The van der Waals surface area contributed by atoms with Crippen molar-refractivity contribution in [3.63, 3.8) is 0 Å². The molecule has 1 rings (SSSR count). The molecule has 0 aliphatic carbocycles. The number of carbonyl (C=O) groups excluding carboxylic acids is 1. The van der Waals surface area contributed by atoms with Gasteiger partial charge in [0.15, 0.2) is 0 Å². The lowest BCUT2D eigenvalue weighted by Gasteiger charge is -2.14. The topological polar surface area (TPSA) is 72.5 Å². The standard InChI is InChI=1S/C12H14Cl3NO4S/c1-6(2)20-5-10(17)16-12-8(13)4-9(21(15,18)19)7(3)11(12)14/h4,6H,5H2,1-3H3,(H,16,17). The highest BCUT2D eigenvalue weighted by Crippen LogP contribution is 2.38. The predicted octanol–water partition coefficient (Wildman–Crippen LogP) is 3.59. The molecule has 0 spiro atoms. The Kier molecular flexibility index (Phi) is 6.31. The molecule has 1 N–H and O–H groups in total. The summed E-state index contributed by atoms with van der Waals surface area (Å²) in [5.41, 5.74) is 0.327. The van der Waals surface area contributed by atoms with Crippen molar-refractivity contribution in [3.05, 3.63) is 21.7 Å². The van der Waals surface area contributed by atoms with Crippen LogP contribution in [0.1, 0.15) is 19.4 Å². The van der Waals surface area contributed by atoms with Crippen LogP contribution in [0, 0.1) is 6.92 Å². The number of ether oxygens (including phenoxy) is 1. The Morgan fingerprint density at radius 3 is 2.43 bits per heavy atom. The van der Waals surface area contributed by atoms with Gasteiger partial charge in [-0.2, -0.15) is 0 Å². The third-order valence-electron chi connectivity index (χ3n) is 2.49. The molecule has 118 valence electrons. The second-order valence-electron chi connectivity index (χ2n) is 4.52. The van der Waals surface area contributed by atoms with Gasteiger partial charge in [-0.25, -0.2) is 8.42 Å². The summed E-state index contributed by atoms with van der Waals surface area (Å²) in [4.78, 5) is 11.5. The summed E-state index contributed by atoms with van der Waals surface area (Å²) in [7, 11) is 1.32. The summed E-state index contributed by atoms with van der Waals surface area (Å²) in [5.74, 6) is -0.451. The normalized spacial score (nSPS) is 11.8. The van der Waals surface area contributed by atoms with E-state index in [1.165, 1.54) is 6.92 Å². The van der Waals surface area contributed by atoms with Crippen molar-refractivity contribution in [1.82, 2.24) is 0 Å². The third kappa shape index (κ3) is 5.00. The molecule has 0 atom stereocenters. The first-order valence-electron chi connectivity index (χ1n) is 5.88. The quantitative estimate of drug-likeness (QED) is 0.799. The van der Waals surface area contributed by atoms with Crippen LogP contribution in [-0.4, -0.2) is 27.0 Å². The maximum absolute atomic E-state index is 11.7. The van der Waals surface area contributed by atoms with Gasteiger partial charge in [0.2, 0.25) is 5.91 Å². The van der Waals surface area contributed by atoms with E-state index in [0.29, 0.717) is 0 Å². The largest absolute Gasteiger partial charge is 0.369 e. The second-order valence-corrected chi connectivity index (χ2v) is 7.84. The fraction of sp³-hybridized carbons (Fsp3) is 0.417. The fourth-order valence-electron chi connectivity index (χ4n) is 1.48. The Morgan fingerprint density at radius 2 is 1.95 bits per heavy atom. The van der Waals surface area contributed by atoms with Crippen molar-refractivity contribution in [1.29, 1.82) is 0 Å². The molecule has 5 nitrogen and oxygen atoms in total. The van der Waals surface area contributed by atoms with Gasteiger partial charge in [-0.15, -0.1) is 0 Å². The Morgan fingerprint density at radius 1 is 1.38 bits per heavy atom. The van der Waals surface area contributed by atoms with Crippen LogP contribution in [0.5, 0.6) is 0 Å². The molecule has 1 amide bonds. The molecular weight excluding hydrogens is 361 g/mol. The minimum Gasteiger partial charge on any atom is -0.369 e. The lowest BCUT2D eigenvalue weighted by molar-refractivity contribution is -0.121. The molecule has 0 unspecified atom stereocenters. The minimum absolute atomic E-state index is 0.0135. The van der Waals surface area contributed by atoms with E-state index in [1.807, 2.05) is 0 Å². The molecule has 0 aliphatic heterocycles. The first-order valence-corrected chi connectivity index (χ1v) is 8.95. The molecule has 0 bridgehead atoms. The van der Waals surface area contributed by atoms with Gasteiger partial charge in [-0.05, 0) is 32.4 Å². The Balaban J connectivity index is 3.11. The van der Waals surface area contributed by atoms with Gasteiger partial charge in [-0.3, -0.25) is 4.79 Å². The van der Waals surface area contributed by atoms with Crippen LogP contribution in [0.4, 0.5) is 5.69 Å². The Hall–Kier alpha value is -0.530. The zero-order chi connectivity index (χ0) is 16.4. The van der Waals surface area contributed by atoms with Crippen LogP contribution in [0.3, 0.4) is 0 Å². The number of anilines is 1. The van der Waals surface area contributed by atoms with Gasteiger partial charge >= 0.3 is 0 Å². The van der Waals surface area contributed by atoms with E-state index < -0.39 is 15.0 Å². The highest BCUT2D eigenvalue weighted by Gasteiger charge is 2.21. The monoisotopic (exact) mass is 373 g/mol. The molecule has 0 radical (unpaired) electrons. The maximum atomic E-state index is 11.7. The molecule has 0 heterocycles. The lowest BCUT2D eigenvalue weighted by atomic mass is 10.2. The number of halogens is 3. The van der Waals surface area contributed by atoms with Crippen molar-refractivity contribution in [2.45, 2.75) is 31.8 Å². The van der Waals surface area contributed by atoms with Crippen LogP contribution in [-0.2, 0) is 18.6 Å². The number of carbonyl (C=O) groups is 1. The molecule has 9 heteroatoms. The minimum atomic E-state index is -3.98. The Bertz CT molecular complexity index is 659. The summed E-state index contributed by atoms with van der Waals surface area (Å²) >= 11 is 12.0. The lowest BCUT2D eigenvalue weighted by Crippen LogP contribution is -2.21. The van der Waals surface area contributed by atoms with Crippen molar-refractivity contribution >= 4 is 54.5 Å². The molecule has 0 saturated heterocycles. The van der Waals surface area contributed by atoms with Gasteiger partial charge in [0.05, 0.1) is 26.7 Å². The van der Waals surface area contributed by atoms with Gasteiger partial charge in [0, 0.05) is 10.7 Å². The molecule has 0 aliphatic rings. The van der Waals surface area contributed by atoms with E-state index >= 15 is 0 Å². The number of nitrogens with one attached hydrogen (secondary N) is 1. The SMILES string of the molecule is Cc1c(S(=O)(=O)Cl)cc(Cl)c(NC(=O)COC(C)C)c1Cl. The zero-order valence-electron chi connectivity index (χ0n) is 11.5. The average molecular weight is 375 g/mol. The first kappa shape index (κ1) is 18.5. The van der Waals surface area contributed by atoms with E-state index in [2.05, 4.69) is 5.32 Å². The molecule has 0 fully saturated rings. The first-order chi connectivity index (χ1) is 9.54. The van der Waals surface area contributed by atoms with Crippen molar-refractivity contribution in [2.75, 3.05) is 11.9 Å². The van der Waals surface area contributed by atoms with E-state index in [9.17, 15) is 13.2 Å². The van der Waals surface area contributed by atoms with Gasteiger partial charge in [0.1, 0.15) is 6.61 Å². The van der Waals surface area contributed by atoms with Gasteiger partial charge in [-0.1, -0.05) is 23.2 Å². The number of rotatable bonds is 5. The van der Waals surface area contributed by atoms with Crippen LogP contribution in [0.15, 0.2) is 11.0 Å². The van der Waals surface area contributed by atoms with Gasteiger partial charge in [0.25, 0.3) is 9.05 Å². The molecular formula is C12H14Cl3NO4S. The van der Waals surface area contributed by atoms with Crippen LogP contribution in [0.25, 0.3) is 0 Å². The van der Waals surface area contributed by atoms with Gasteiger partial charge < -0.3 is 10.1 Å². The Labute approximate surface area is 137 Å².